The largest absolute Gasteiger partial charge is 0.378 e. The summed E-state index contributed by atoms with van der Waals surface area (Å²) in [5, 5.41) is 8.74. The Hall–Kier alpha value is -1.87. The van der Waals surface area contributed by atoms with Crippen molar-refractivity contribution < 1.29 is 19.1 Å². The number of morpholine rings is 1. The Morgan fingerprint density at radius 1 is 1.30 bits per heavy atom. The number of carbonyl (C=O) groups excluding carboxylic acids is 3. The number of rotatable bonds is 5. The van der Waals surface area contributed by atoms with Crippen molar-refractivity contribution in [2.45, 2.75) is 57.3 Å². The van der Waals surface area contributed by atoms with E-state index in [9.17, 15) is 14.4 Å². The summed E-state index contributed by atoms with van der Waals surface area (Å²) in [7, 11) is 0. The Morgan fingerprint density at radius 3 is 2.74 bits per heavy atom. The summed E-state index contributed by atoms with van der Waals surface area (Å²) in [5.74, 6) is 0.163. The molecule has 152 valence electrons. The average Bonchev–Trinajstić information content (AvgIpc) is 3.05. The van der Waals surface area contributed by atoms with Crippen molar-refractivity contribution in [1.82, 2.24) is 25.8 Å². The average molecular weight is 381 g/mol. The molecule has 0 unspecified atom stereocenters. The second-order valence-electron chi connectivity index (χ2n) is 7.85. The van der Waals surface area contributed by atoms with Gasteiger partial charge in [-0.3, -0.25) is 14.5 Å². The number of hydrogen-bond acceptors (Lipinski definition) is 5. The van der Waals surface area contributed by atoms with E-state index in [0.717, 1.165) is 0 Å². The summed E-state index contributed by atoms with van der Waals surface area (Å²) in [4.78, 5) is 40.6. The maximum atomic E-state index is 12.4. The van der Waals surface area contributed by atoms with Crippen LogP contribution < -0.4 is 16.0 Å². The zero-order chi connectivity index (χ0) is 19.4. The summed E-state index contributed by atoms with van der Waals surface area (Å²) in [5.41, 5.74) is 0. The predicted molar refractivity (Wildman–Crippen MR) is 99.1 cm³/mol. The van der Waals surface area contributed by atoms with Gasteiger partial charge in [-0.05, 0) is 26.7 Å². The third kappa shape index (κ3) is 5.10. The third-order valence-electron chi connectivity index (χ3n) is 5.43. The van der Waals surface area contributed by atoms with Gasteiger partial charge in [0, 0.05) is 50.7 Å². The molecule has 3 N–H and O–H groups in total. The highest BCUT2D eigenvalue weighted by Crippen LogP contribution is 2.26. The van der Waals surface area contributed by atoms with Crippen LogP contribution in [0, 0.1) is 0 Å². The lowest BCUT2D eigenvalue weighted by Gasteiger charge is -2.37. The fraction of sp³-hybridized carbons (Fsp3) is 0.833. The van der Waals surface area contributed by atoms with Crippen molar-refractivity contribution in [3.05, 3.63) is 0 Å². The van der Waals surface area contributed by atoms with Crippen molar-refractivity contribution in [3.8, 4) is 0 Å². The molecule has 9 heteroatoms. The third-order valence-corrected chi connectivity index (χ3v) is 5.43. The molecule has 27 heavy (non-hydrogen) atoms. The monoisotopic (exact) mass is 381 g/mol. The Kier molecular flexibility index (Phi) is 6.54. The SMILES string of the molecule is CC(C)NC(=O)N[C@H]1C[C@H]2C(=O)NC[C@@H](CCC(=O)N3CCOCC3)N2C1. The van der Waals surface area contributed by atoms with Crippen molar-refractivity contribution in [2.75, 3.05) is 39.4 Å². The number of carbonyl (C=O) groups is 3. The summed E-state index contributed by atoms with van der Waals surface area (Å²) in [6.45, 7) is 7.53. The van der Waals surface area contributed by atoms with Gasteiger partial charge >= 0.3 is 6.03 Å². The Labute approximate surface area is 160 Å². The zero-order valence-corrected chi connectivity index (χ0v) is 16.2. The van der Waals surface area contributed by atoms with E-state index in [1.54, 1.807) is 0 Å². The van der Waals surface area contributed by atoms with Crippen LogP contribution in [-0.4, -0.2) is 91.2 Å². The van der Waals surface area contributed by atoms with Crippen LogP contribution in [0.5, 0.6) is 0 Å². The van der Waals surface area contributed by atoms with Crippen LogP contribution in [0.2, 0.25) is 0 Å². The standard InChI is InChI=1S/C18H31N5O4/c1-12(2)20-18(26)21-13-9-15-17(25)19-10-14(23(15)11-13)3-4-16(24)22-5-7-27-8-6-22/h12-15H,3-11H2,1-2H3,(H,19,25)(H2,20,21,26)/t13-,14+,15-/m0/s1. The van der Waals surface area contributed by atoms with Gasteiger partial charge in [-0.1, -0.05) is 0 Å². The molecule has 0 spiro atoms. The first-order chi connectivity index (χ1) is 12.9. The molecule has 3 fully saturated rings. The highest BCUT2D eigenvalue weighted by Gasteiger charge is 2.43. The van der Waals surface area contributed by atoms with Crippen molar-refractivity contribution >= 4 is 17.8 Å². The summed E-state index contributed by atoms with van der Waals surface area (Å²) >= 11 is 0. The number of nitrogens with one attached hydrogen (secondary N) is 3. The Morgan fingerprint density at radius 2 is 2.04 bits per heavy atom. The van der Waals surface area contributed by atoms with Gasteiger partial charge in [-0.15, -0.1) is 0 Å². The van der Waals surface area contributed by atoms with E-state index in [0.29, 0.717) is 58.7 Å². The van der Waals surface area contributed by atoms with Crippen LogP contribution >= 0.6 is 0 Å². The molecular formula is C18H31N5O4. The first-order valence-corrected chi connectivity index (χ1v) is 9.90. The lowest BCUT2D eigenvalue weighted by molar-refractivity contribution is -0.136. The van der Waals surface area contributed by atoms with Crippen LogP contribution in [0.25, 0.3) is 0 Å². The van der Waals surface area contributed by atoms with E-state index in [-0.39, 0.29) is 42.0 Å². The zero-order valence-electron chi connectivity index (χ0n) is 16.2. The van der Waals surface area contributed by atoms with Crippen LogP contribution in [0.3, 0.4) is 0 Å². The summed E-state index contributed by atoms with van der Waals surface area (Å²) < 4.78 is 5.29. The second-order valence-corrected chi connectivity index (χ2v) is 7.85. The molecule has 3 saturated heterocycles. The van der Waals surface area contributed by atoms with Crippen molar-refractivity contribution in [3.63, 3.8) is 0 Å². The van der Waals surface area contributed by atoms with E-state index in [2.05, 4.69) is 20.9 Å². The van der Waals surface area contributed by atoms with Crippen LogP contribution in [-0.2, 0) is 14.3 Å². The molecule has 3 heterocycles. The predicted octanol–water partition coefficient (Wildman–Crippen LogP) is -0.726. The minimum atomic E-state index is -0.230. The minimum Gasteiger partial charge on any atom is -0.378 e. The van der Waals surface area contributed by atoms with Crippen LogP contribution in [0.4, 0.5) is 4.79 Å². The molecule has 0 saturated carbocycles. The molecule has 0 aliphatic carbocycles. The lowest BCUT2D eigenvalue weighted by Crippen LogP contribution is -2.58. The number of amides is 4. The highest BCUT2D eigenvalue weighted by molar-refractivity contribution is 5.83. The van der Waals surface area contributed by atoms with Gasteiger partial charge in [0.1, 0.15) is 0 Å². The summed E-state index contributed by atoms with van der Waals surface area (Å²) in [6, 6.07) is -0.301. The van der Waals surface area contributed by atoms with Crippen LogP contribution in [0.15, 0.2) is 0 Å². The smallest absolute Gasteiger partial charge is 0.315 e. The molecule has 4 amide bonds. The Balaban J connectivity index is 1.52. The highest BCUT2D eigenvalue weighted by atomic mass is 16.5. The molecule has 0 aromatic carbocycles. The van der Waals surface area contributed by atoms with E-state index in [1.165, 1.54) is 0 Å². The summed E-state index contributed by atoms with van der Waals surface area (Å²) in [6.07, 6.45) is 1.78. The van der Waals surface area contributed by atoms with Gasteiger partial charge < -0.3 is 25.6 Å². The molecule has 0 bridgehead atoms. The fourth-order valence-electron chi connectivity index (χ4n) is 4.10. The molecule has 0 aromatic heterocycles. The van der Waals surface area contributed by atoms with Gasteiger partial charge in [0.2, 0.25) is 11.8 Å². The number of piperazine rings is 1. The minimum absolute atomic E-state index is 0.0133. The molecule has 9 nitrogen and oxygen atoms in total. The van der Waals surface area contributed by atoms with E-state index >= 15 is 0 Å². The van der Waals surface area contributed by atoms with Gasteiger partial charge in [0.05, 0.1) is 19.3 Å². The maximum absolute atomic E-state index is 12.4. The van der Waals surface area contributed by atoms with E-state index in [4.69, 9.17) is 4.74 Å². The fourth-order valence-corrected chi connectivity index (χ4v) is 4.10. The molecule has 0 radical (unpaired) electrons. The van der Waals surface area contributed by atoms with Gasteiger partial charge in [0.15, 0.2) is 0 Å². The maximum Gasteiger partial charge on any atom is 0.315 e. The topological polar surface area (TPSA) is 103 Å². The van der Waals surface area contributed by atoms with E-state index in [1.807, 2.05) is 18.7 Å². The molecular weight excluding hydrogens is 350 g/mol. The van der Waals surface area contributed by atoms with Gasteiger partial charge in [-0.25, -0.2) is 4.79 Å². The van der Waals surface area contributed by atoms with Gasteiger partial charge in [0.25, 0.3) is 0 Å². The first kappa shape index (κ1) is 19.9. The number of urea groups is 1. The molecule has 3 aliphatic rings. The quantitative estimate of drug-likeness (QED) is 0.583. The molecule has 3 rings (SSSR count). The number of hydrogen-bond donors (Lipinski definition) is 3. The van der Waals surface area contributed by atoms with E-state index < -0.39 is 0 Å². The number of nitrogens with zero attached hydrogens (tertiary/aromatic N) is 2. The molecule has 3 atom stereocenters. The number of ether oxygens (including phenoxy) is 1. The van der Waals surface area contributed by atoms with Crippen molar-refractivity contribution in [2.24, 2.45) is 0 Å². The van der Waals surface area contributed by atoms with Gasteiger partial charge in [-0.2, -0.15) is 0 Å². The lowest BCUT2D eigenvalue weighted by atomic mass is 10.0. The first-order valence-electron chi connectivity index (χ1n) is 9.90. The molecule has 0 aromatic rings. The normalized spacial score (nSPS) is 28.6. The molecule has 3 aliphatic heterocycles. The number of fused-ring (bicyclic) bond motifs is 1. The second kappa shape index (κ2) is 8.88. The van der Waals surface area contributed by atoms with Crippen LogP contribution in [0.1, 0.15) is 33.1 Å². The van der Waals surface area contributed by atoms with Crippen molar-refractivity contribution in [1.29, 1.82) is 0 Å². The Bertz CT molecular complexity index is 564.